The number of nitrogens with zero attached hydrogens (tertiary/aromatic N) is 2. The predicted octanol–water partition coefficient (Wildman–Crippen LogP) is 2.15. The summed E-state index contributed by atoms with van der Waals surface area (Å²) in [6, 6.07) is 4.11. The van der Waals surface area contributed by atoms with Gasteiger partial charge in [0.2, 0.25) is 0 Å². The lowest BCUT2D eigenvalue weighted by atomic mass is 10.1. The smallest absolute Gasteiger partial charge is 0.115 e. The van der Waals surface area contributed by atoms with Crippen LogP contribution in [-0.2, 0) is 6.42 Å². The zero-order chi connectivity index (χ0) is 10.7. The maximum absolute atomic E-state index is 6.11. The summed E-state index contributed by atoms with van der Waals surface area (Å²) in [5, 5.41) is 0. The van der Waals surface area contributed by atoms with Gasteiger partial charge in [-0.2, -0.15) is 0 Å². The molecular formula is C11H13N3S. The average Bonchev–Trinajstić information content (AvgIpc) is 2.78. The normalized spacial score (nSPS) is 12.7. The summed E-state index contributed by atoms with van der Waals surface area (Å²) in [6.07, 6.45) is 6.11. The molecule has 1 unspecified atom stereocenters. The lowest BCUT2D eigenvalue weighted by Gasteiger charge is -2.07. The Bertz CT molecular complexity index is 424. The van der Waals surface area contributed by atoms with Crippen molar-refractivity contribution in [2.24, 2.45) is 5.73 Å². The maximum atomic E-state index is 6.11. The van der Waals surface area contributed by atoms with Gasteiger partial charge in [0.05, 0.1) is 6.04 Å². The molecule has 15 heavy (non-hydrogen) atoms. The molecule has 4 heteroatoms. The van der Waals surface area contributed by atoms with Crippen molar-refractivity contribution in [3.05, 3.63) is 46.2 Å². The minimum absolute atomic E-state index is 0.100. The fourth-order valence-electron chi connectivity index (χ4n) is 1.39. The monoisotopic (exact) mass is 219 g/mol. The molecule has 2 aromatic rings. The molecule has 2 N–H and O–H groups in total. The molecule has 3 nitrogen and oxygen atoms in total. The fraction of sp³-hybridized carbons (Fsp3) is 0.273. The minimum atomic E-state index is -0.100. The minimum Gasteiger partial charge on any atom is -0.320 e. The standard InChI is InChI=1S/C11H13N3S/c1-2-9-3-4-10(15-9)11(12)8-5-13-7-14-6-8/h3-7,11H,2,12H2,1H3. The lowest BCUT2D eigenvalue weighted by molar-refractivity contribution is 0.869. The van der Waals surface area contributed by atoms with E-state index in [9.17, 15) is 0 Å². The largest absolute Gasteiger partial charge is 0.320 e. The summed E-state index contributed by atoms with van der Waals surface area (Å²) in [5.74, 6) is 0. The van der Waals surface area contributed by atoms with Gasteiger partial charge in [0.1, 0.15) is 6.33 Å². The quantitative estimate of drug-likeness (QED) is 0.860. The molecule has 0 aromatic carbocycles. The molecular weight excluding hydrogens is 206 g/mol. The van der Waals surface area contributed by atoms with Crippen LogP contribution in [0.5, 0.6) is 0 Å². The summed E-state index contributed by atoms with van der Waals surface area (Å²) in [7, 11) is 0. The number of nitrogens with two attached hydrogens (primary N) is 1. The average molecular weight is 219 g/mol. The van der Waals surface area contributed by atoms with Crippen molar-refractivity contribution in [2.75, 3.05) is 0 Å². The van der Waals surface area contributed by atoms with Crippen LogP contribution in [0.25, 0.3) is 0 Å². The third kappa shape index (κ3) is 2.22. The van der Waals surface area contributed by atoms with Crippen LogP contribution >= 0.6 is 11.3 Å². The Morgan fingerprint density at radius 2 is 2.07 bits per heavy atom. The van der Waals surface area contributed by atoms with Gasteiger partial charge < -0.3 is 5.73 Å². The van der Waals surface area contributed by atoms with Gasteiger partial charge in [0.15, 0.2) is 0 Å². The van der Waals surface area contributed by atoms with Crippen LogP contribution < -0.4 is 5.73 Å². The molecule has 0 radical (unpaired) electrons. The molecule has 0 saturated heterocycles. The highest BCUT2D eigenvalue weighted by molar-refractivity contribution is 7.12. The molecule has 2 rings (SSSR count). The van der Waals surface area contributed by atoms with E-state index < -0.39 is 0 Å². The van der Waals surface area contributed by atoms with E-state index in [4.69, 9.17) is 5.73 Å². The van der Waals surface area contributed by atoms with Crippen molar-refractivity contribution in [3.8, 4) is 0 Å². The summed E-state index contributed by atoms with van der Waals surface area (Å²) >= 11 is 1.76. The molecule has 78 valence electrons. The second-order valence-corrected chi connectivity index (χ2v) is 4.51. The van der Waals surface area contributed by atoms with Crippen molar-refractivity contribution < 1.29 is 0 Å². The van der Waals surface area contributed by atoms with Gasteiger partial charge in [-0.25, -0.2) is 9.97 Å². The SMILES string of the molecule is CCc1ccc(C(N)c2cncnc2)s1. The molecule has 2 heterocycles. The summed E-state index contributed by atoms with van der Waals surface area (Å²) in [6.45, 7) is 2.15. The first kappa shape index (κ1) is 10.3. The number of aromatic nitrogens is 2. The fourth-order valence-corrected chi connectivity index (χ4v) is 2.37. The van der Waals surface area contributed by atoms with Crippen LogP contribution in [0.3, 0.4) is 0 Å². The van der Waals surface area contributed by atoms with E-state index in [1.807, 2.05) is 0 Å². The van der Waals surface area contributed by atoms with E-state index in [1.54, 1.807) is 23.7 Å². The van der Waals surface area contributed by atoms with Crippen LogP contribution in [0.2, 0.25) is 0 Å². The molecule has 0 bridgehead atoms. The predicted molar refractivity (Wildman–Crippen MR) is 61.8 cm³/mol. The third-order valence-electron chi connectivity index (χ3n) is 2.28. The van der Waals surface area contributed by atoms with Crippen LogP contribution in [0.15, 0.2) is 30.9 Å². The van der Waals surface area contributed by atoms with Crippen molar-refractivity contribution in [1.82, 2.24) is 9.97 Å². The third-order valence-corrected chi connectivity index (χ3v) is 3.59. The van der Waals surface area contributed by atoms with Crippen LogP contribution in [0, 0.1) is 0 Å². The van der Waals surface area contributed by atoms with Gasteiger partial charge >= 0.3 is 0 Å². The van der Waals surface area contributed by atoms with Crippen molar-refractivity contribution in [2.45, 2.75) is 19.4 Å². The highest BCUT2D eigenvalue weighted by atomic mass is 32.1. The summed E-state index contributed by atoms with van der Waals surface area (Å²) < 4.78 is 0. The molecule has 0 spiro atoms. The molecule has 0 aliphatic carbocycles. The Hall–Kier alpha value is -1.26. The lowest BCUT2D eigenvalue weighted by Crippen LogP contribution is -2.10. The molecule has 0 fully saturated rings. The number of hydrogen-bond donors (Lipinski definition) is 1. The van der Waals surface area contributed by atoms with Crippen molar-refractivity contribution in [1.29, 1.82) is 0 Å². The van der Waals surface area contributed by atoms with Gasteiger partial charge in [-0.3, -0.25) is 0 Å². The number of hydrogen-bond acceptors (Lipinski definition) is 4. The van der Waals surface area contributed by atoms with Gasteiger partial charge in [-0.15, -0.1) is 11.3 Å². The topological polar surface area (TPSA) is 51.8 Å². The van der Waals surface area contributed by atoms with Crippen molar-refractivity contribution >= 4 is 11.3 Å². The molecule has 0 saturated carbocycles. The number of aryl methyl sites for hydroxylation is 1. The van der Waals surface area contributed by atoms with Gasteiger partial charge in [0, 0.05) is 27.7 Å². The van der Waals surface area contributed by atoms with E-state index in [0.717, 1.165) is 12.0 Å². The first-order chi connectivity index (χ1) is 7.31. The Kier molecular flexibility index (Phi) is 3.08. The number of rotatable bonds is 3. The van der Waals surface area contributed by atoms with Crippen LogP contribution in [-0.4, -0.2) is 9.97 Å². The highest BCUT2D eigenvalue weighted by Gasteiger charge is 2.11. The van der Waals surface area contributed by atoms with E-state index in [-0.39, 0.29) is 6.04 Å². The highest BCUT2D eigenvalue weighted by Crippen LogP contribution is 2.26. The second-order valence-electron chi connectivity index (χ2n) is 3.31. The van der Waals surface area contributed by atoms with E-state index in [1.165, 1.54) is 16.1 Å². The Morgan fingerprint density at radius 3 is 2.67 bits per heavy atom. The first-order valence-corrected chi connectivity index (χ1v) is 5.72. The maximum Gasteiger partial charge on any atom is 0.115 e. The van der Waals surface area contributed by atoms with Crippen LogP contribution in [0.1, 0.15) is 28.3 Å². The number of thiophene rings is 1. The second kappa shape index (κ2) is 4.51. The summed E-state index contributed by atoms with van der Waals surface area (Å²) in [5.41, 5.74) is 7.07. The first-order valence-electron chi connectivity index (χ1n) is 4.90. The molecule has 0 aliphatic heterocycles. The van der Waals surface area contributed by atoms with Gasteiger partial charge in [0.25, 0.3) is 0 Å². The molecule has 2 aromatic heterocycles. The zero-order valence-corrected chi connectivity index (χ0v) is 9.37. The van der Waals surface area contributed by atoms with E-state index in [2.05, 4.69) is 29.0 Å². The Balaban J connectivity index is 2.24. The Labute approximate surface area is 93.0 Å². The van der Waals surface area contributed by atoms with Crippen LogP contribution in [0.4, 0.5) is 0 Å². The zero-order valence-electron chi connectivity index (χ0n) is 8.55. The molecule has 0 aliphatic rings. The molecule has 1 atom stereocenters. The van der Waals surface area contributed by atoms with Gasteiger partial charge in [-0.1, -0.05) is 6.92 Å². The van der Waals surface area contributed by atoms with E-state index >= 15 is 0 Å². The van der Waals surface area contributed by atoms with Gasteiger partial charge in [-0.05, 0) is 18.6 Å². The van der Waals surface area contributed by atoms with E-state index in [0.29, 0.717) is 0 Å². The van der Waals surface area contributed by atoms with Crippen molar-refractivity contribution in [3.63, 3.8) is 0 Å². The summed E-state index contributed by atoms with van der Waals surface area (Å²) in [4.78, 5) is 10.5. The Morgan fingerprint density at radius 1 is 1.33 bits per heavy atom. The molecule has 0 amide bonds.